The van der Waals surface area contributed by atoms with Gasteiger partial charge in [0.2, 0.25) is 5.91 Å². The van der Waals surface area contributed by atoms with Crippen LogP contribution in [0.3, 0.4) is 0 Å². The predicted octanol–water partition coefficient (Wildman–Crippen LogP) is 0.991. The Bertz CT molecular complexity index is 343. The van der Waals surface area contributed by atoms with Crippen LogP contribution >= 0.6 is 0 Å². The van der Waals surface area contributed by atoms with Gasteiger partial charge < -0.3 is 14.9 Å². The van der Waals surface area contributed by atoms with Gasteiger partial charge in [0.05, 0.1) is 0 Å². The van der Waals surface area contributed by atoms with Crippen molar-refractivity contribution in [1.29, 1.82) is 0 Å². The van der Waals surface area contributed by atoms with Crippen molar-refractivity contribution in [1.82, 2.24) is 5.32 Å². The second-order valence-electron chi connectivity index (χ2n) is 3.83. The Morgan fingerprint density at radius 3 is 2.70 bits per heavy atom. The Morgan fingerprint density at radius 2 is 2.05 bits per heavy atom. The van der Waals surface area contributed by atoms with Crippen molar-refractivity contribution in [3.8, 4) is 0 Å². The number of carbonyl (C=O) groups excluding carboxylic acids is 2. The summed E-state index contributed by atoms with van der Waals surface area (Å²) in [5.41, 5.74) is 0. The Labute approximate surface area is 117 Å². The van der Waals surface area contributed by atoms with Crippen molar-refractivity contribution in [3.05, 3.63) is 22.3 Å². The van der Waals surface area contributed by atoms with E-state index in [0.29, 0.717) is 12.8 Å². The highest BCUT2D eigenvalue weighted by Crippen LogP contribution is 1.97. The Balaban J connectivity index is 3.50. The van der Waals surface area contributed by atoms with Crippen LogP contribution in [0.25, 0.3) is 0 Å². The van der Waals surface area contributed by atoms with E-state index >= 15 is 0 Å². The molecule has 20 heavy (non-hydrogen) atoms. The van der Waals surface area contributed by atoms with Gasteiger partial charge in [-0.05, 0) is 19.3 Å². The highest BCUT2D eigenvalue weighted by Gasteiger charge is 2.06. The van der Waals surface area contributed by atoms with Crippen LogP contribution in [0, 0.1) is 10.1 Å². The van der Waals surface area contributed by atoms with Gasteiger partial charge in [-0.1, -0.05) is 19.1 Å². The van der Waals surface area contributed by atoms with Crippen LogP contribution < -0.4 is 5.32 Å². The van der Waals surface area contributed by atoms with E-state index in [9.17, 15) is 19.7 Å². The number of amides is 1. The third-order valence-corrected chi connectivity index (χ3v) is 2.15. The number of unbranched alkanes of at least 4 members (excludes halogenated alkanes) is 1. The van der Waals surface area contributed by atoms with Crippen molar-refractivity contribution in [2.75, 3.05) is 19.8 Å². The fourth-order valence-electron chi connectivity index (χ4n) is 1.24. The monoisotopic (exact) mass is 288 g/mol. The van der Waals surface area contributed by atoms with E-state index in [1.54, 1.807) is 0 Å². The zero-order valence-corrected chi connectivity index (χ0v) is 11.5. The van der Waals surface area contributed by atoms with Crippen molar-refractivity contribution in [3.63, 3.8) is 0 Å². The number of rotatable bonds is 11. The molecular formula is C12H20N2O6. The maximum atomic E-state index is 11.3. The molecule has 0 aliphatic heterocycles. The smallest absolute Gasteiger partial charge is 0.325 e. The molecule has 114 valence electrons. The maximum absolute atomic E-state index is 11.3. The van der Waals surface area contributed by atoms with Crippen LogP contribution in [0.5, 0.6) is 0 Å². The van der Waals surface area contributed by atoms with Crippen molar-refractivity contribution in [2.45, 2.75) is 32.6 Å². The molecule has 0 aromatic heterocycles. The molecule has 0 spiro atoms. The standard InChI is InChI=1S/C12H20N2O6/c1-2-3-4-5-6-7-11(15)13-10-12(16)19-8-9-20-14(17)18/h3-4H,2,5-10H2,1H3,(H,13,15)/b4-3-. The molecule has 0 rings (SSSR count). The SMILES string of the molecule is CC/C=C\CCCC(=O)NCC(=O)OCCO[N+](=O)[O-]. The summed E-state index contributed by atoms with van der Waals surface area (Å²) in [5, 5.41) is 11.2. The second kappa shape index (κ2) is 11.9. The van der Waals surface area contributed by atoms with Gasteiger partial charge >= 0.3 is 5.97 Å². The molecule has 8 nitrogen and oxygen atoms in total. The summed E-state index contributed by atoms with van der Waals surface area (Å²) in [5.74, 6) is -0.885. The molecule has 0 unspecified atom stereocenters. The minimum absolute atomic E-state index is 0.225. The van der Waals surface area contributed by atoms with Crippen LogP contribution in [0.4, 0.5) is 0 Å². The van der Waals surface area contributed by atoms with Gasteiger partial charge in [-0.2, -0.15) is 0 Å². The average molecular weight is 288 g/mol. The first-order valence-electron chi connectivity index (χ1n) is 6.41. The summed E-state index contributed by atoms with van der Waals surface area (Å²) in [6.45, 7) is 1.24. The second-order valence-corrected chi connectivity index (χ2v) is 3.83. The van der Waals surface area contributed by atoms with Gasteiger partial charge in [0.25, 0.3) is 5.09 Å². The highest BCUT2D eigenvalue weighted by molar-refractivity contribution is 5.81. The van der Waals surface area contributed by atoms with Gasteiger partial charge in [0.1, 0.15) is 19.8 Å². The van der Waals surface area contributed by atoms with Crippen LogP contribution in [0.15, 0.2) is 12.2 Å². The Kier molecular flexibility index (Phi) is 10.7. The molecule has 0 fully saturated rings. The third kappa shape index (κ3) is 12.3. The van der Waals surface area contributed by atoms with Crippen LogP contribution in [0.2, 0.25) is 0 Å². The summed E-state index contributed by atoms with van der Waals surface area (Å²) in [7, 11) is 0. The number of hydrogen-bond acceptors (Lipinski definition) is 6. The maximum Gasteiger partial charge on any atom is 0.325 e. The first-order valence-corrected chi connectivity index (χ1v) is 6.41. The van der Waals surface area contributed by atoms with Crippen LogP contribution in [-0.4, -0.2) is 36.7 Å². The minimum Gasteiger partial charge on any atom is -0.462 e. The number of nitrogens with zero attached hydrogens (tertiary/aromatic N) is 1. The number of esters is 1. The van der Waals surface area contributed by atoms with E-state index in [1.165, 1.54) is 0 Å². The summed E-state index contributed by atoms with van der Waals surface area (Å²) in [6.07, 6.45) is 6.89. The first kappa shape index (κ1) is 17.9. The fourth-order valence-corrected chi connectivity index (χ4v) is 1.24. The van der Waals surface area contributed by atoms with Gasteiger partial charge in [0.15, 0.2) is 0 Å². The lowest BCUT2D eigenvalue weighted by atomic mass is 10.2. The number of hydrogen-bond donors (Lipinski definition) is 1. The van der Waals surface area contributed by atoms with E-state index in [0.717, 1.165) is 12.8 Å². The quantitative estimate of drug-likeness (QED) is 0.200. The molecule has 0 radical (unpaired) electrons. The highest BCUT2D eigenvalue weighted by atomic mass is 17.0. The van der Waals surface area contributed by atoms with E-state index in [2.05, 4.69) is 14.9 Å². The van der Waals surface area contributed by atoms with Crippen molar-refractivity contribution in [2.24, 2.45) is 0 Å². The lowest BCUT2D eigenvalue weighted by Gasteiger charge is -2.05. The van der Waals surface area contributed by atoms with Crippen molar-refractivity contribution < 1.29 is 24.3 Å². The van der Waals surface area contributed by atoms with E-state index in [1.807, 2.05) is 19.1 Å². The van der Waals surface area contributed by atoms with E-state index in [4.69, 9.17) is 0 Å². The summed E-state index contributed by atoms with van der Waals surface area (Å²) >= 11 is 0. The summed E-state index contributed by atoms with van der Waals surface area (Å²) in [4.78, 5) is 36.2. The molecule has 0 aromatic carbocycles. The molecule has 0 aliphatic rings. The fraction of sp³-hybridized carbons (Fsp3) is 0.667. The largest absolute Gasteiger partial charge is 0.462 e. The Hall–Kier alpha value is -2.12. The normalized spacial score (nSPS) is 10.2. The molecule has 0 saturated carbocycles. The van der Waals surface area contributed by atoms with Gasteiger partial charge in [-0.15, -0.1) is 10.1 Å². The van der Waals surface area contributed by atoms with E-state index in [-0.39, 0.29) is 25.7 Å². The van der Waals surface area contributed by atoms with Crippen molar-refractivity contribution >= 4 is 11.9 Å². The molecular weight excluding hydrogens is 268 g/mol. The molecule has 0 bridgehead atoms. The van der Waals surface area contributed by atoms with E-state index < -0.39 is 11.1 Å². The minimum atomic E-state index is -0.970. The topological polar surface area (TPSA) is 108 Å². The van der Waals surface area contributed by atoms with Crippen LogP contribution in [0.1, 0.15) is 32.6 Å². The first-order chi connectivity index (χ1) is 9.56. The number of carbonyl (C=O) groups is 2. The lowest BCUT2D eigenvalue weighted by molar-refractivity contribution is -0.757. The molecule has 0 atom stereocenters. The molecule has 8 heteroatoms. The van der Waals surface area contributed by atoms with Gasteiger partial charge in [0, 0.05) is 6.42 Å². The van der Waals surface area contributed by atoms with Gasteiger partial charge in [-0.25, -0.2) is 0 Å². The summed E-state index contributed by atoms with van der Waals surface area (Å²) in [6, 6.07) is 0. The zero-order chi connectivity index (χ0) is 15.2. The number of ether oxygens (including phenoxy) is 1. The molecule has 0 heterocycles. The van der Waals surface area contributed by atoms with Gasteiger partial charge in [-0.3, -0.25) is 9.59 Å². The number of nitrogens with one attached hydrogen (secondary N) is 1. The third-order valence-electron chi connectivity index (χ3n) is 2.15. The molecule has 1 N–H and O–H groups in total. The molecule has 1 amide bonds. The molecule has 0 aliphatic carbocycles. The molecule has 0 aromatic rings. The zero-order valence-electron chi connectivity index (χ0n) is 11.5. The summed E-state index contributed by atoms with van der Waals surface area (Å²) < 4.78 is 4.61. The average Bonchev–Trinajstić information content (AvgIpc) is 2.41. The predicted molar refractivity (Wildman–Crippen MR) is 70.2 cm³/mol. The van der Waals surface area contributed by atoms with Crippen LogP contribution in [-0.2, 0) is 19.2 Å². The lowest BCUT2D eigenvalue weighted by Crippen LogP contribution is -2.31. The Morgan fingerprint density at radius 1 is 1.30 bits per heavy atom. The molecule has 0 saturated heterocycles. The number of allylic oxidation sites excluding steroid dienone is 2.